The Morgan fingerprint density at radius 3 is 2.52 bits per heavy atom. The first-order valence-corrected chi connectivity index (χ1v) is 7.78. The topological polar surface area (TPSA) is 56.1 Å². The summed E-state index contributed by atoms with van der Waals surface area (Å²) < 4.78 is 6.96. The number of ether oxygens (including phenoxy) is 1. The molecule has 5 nitrogen and oxygen atoms in total. The number of nitrogens with one attached hydrogen (secondary N) is 1. The van der Waals surface area contributed by atoms with E-state index in [0.717, 1.165) is 11.3 Å². The first-order chi connectivity index (χ1) is 10.9. The summed E-state index contributed by atoms with van der Waals surface area (Å²) in [5.74, 6) is 0.123. The number of aryl methyl sites for hydroxylation is 1. The molecular formula is C18H25N3O2. The molecule has 5 heteroatoms. The lowest BCUT2D eigenvalue weighted by Gasteiger charge is -2.30. The highest BCUT2D eigenvalue weighted by Gasteiger charge is 2.30. The van der Waals surface area contributed by atoms with Crippen molar-refractivity contribution in [2.24, 2.45) is 7.05 Å². The third kappa shape index (κ3) is 3.79. The van der Waals surface area contributed by atoms with Crippen LogP contribution >= 0.6 is 0 Å². The first-order valence-electron chi connectivity index (χ1n) is 7.78. The lowest BCUT2D eigenvalue weighted by molar-refractivity contribution is 0.0777. The SMILES string of the molecule is COCC(C)(NC(=O)c1cc(C(C)C)nn1C)c1ccccc1. The van der Waals surface area contributed by atoms with Crippen LogP contribution in [-0.2, 0) is 17.3 Å². The predicted octanol–water partition coefficient (Wildman–Crippen LogP) is 2.84. The molecule has 1 N–H and O–H groups in total. The van der Waals surface area contributed by atoms with E-state index in [1.807, 2.05) is 43.3 Å². The number of amides is 1. The number of methoxy groups -OCH3 is 1. The van der Waals surface area contributed by atoms with E-state index in [9.17, 15) is 4.79 Å². The van der Waals surface area contributed by atoms with Crippen molar-refractivity contribution in [2.45, 2.75) is 32.2 Å². The Morgan fingerprint density at radius 1 is 1.35 bits per heavy atom. The molecule has 0 aliphatic rings. The van der Waals surface area contributed by atoms with E-state index in [2.05, 4.69) is 24.3 Å². The second-order valence-corrected chi connectivity index (χ2v) is 6.32. The van der Waals surface area contributed by atoms with Gasteiger partial charge in [-0.2, -0.15) is 5.10 Å². The molecule has 0 aliphatic heterocycles. The summed E-state index contributed by atoms with van der Waals surface area (Å²) in [7, 11) is 3.42. The summed E-state index contributed by atoms with van der Waals surface area (Å²) in [4.78, 5) is 12.7. The highest BCUT2D eigenvalue weighted by molar-refractivity contribution is 5.93. The Balaban J connectivity index is 2.28. The van der Waals surface area contributed by atoms with Crippen LogP contribution in [-0.4, -0.2) is 29.4 Å². The van der Waals surface area contributed by atoms with Gasteiger partial charge in [-0.1, -0.05) is 44.2 Å². The zero-order valence-corrected chi connectivity index (χ0v) is 14.5. The number of aromatic nitrogens is 2. The Kier molecular flexibility index (Phi) is 5.21. The van der Waals surface area contributed by atoms with Crippen LogP contribution < -0.4 is 5.32 Å². The van der Waals surface area contributed by atoms with Gasteiger partial charge in [0.2, 0.25) is 0 Å². The predicted molar refractivity (Wildman–Crippen MR) is 90.4 cm³/mol. The van der Waals surface area contributed by atoms with Gasteiger partial charge in [0.25, 0.3) is 5.91 Å². The molecule has 0 saturated heterocycles. The molecular weight excluding hydrogens is 290 g/mol. The Bertz CT molecular complexity index is 664. The number of hydrogen-bond acceptors (Lipinski definition) is 3. The van der Waals surface area contributed by atoms with Gasteiger partial charge >= 0.3 is 0 Å². The molecule has 1 aromatic carbocycles. The van der Waals surface area contributed by atoms with E-state index < -0.39 is 5.54 Å². The number of benzene rings is 1. The molecule has 0 saturated carbocycles. The Hall–Kier alpha value is -2.14. The van der Waals surface area contributed by atoms with Gasteiger partial charge < -0.3 is 10.1 Å². The van der Waals surface area contributed by atoms with Gasteiger partial charge in [0.15, 0.2) is 0 Å². The molecule has 1 unspecified atom stereocenters. The molecule has 2 aromatic rings. The second-order valence-electron chi connectivity index (χ2n) is 6.32. The third-order valence-electron chi connectivity index (χ3n) is 3.96. The van der Waals surface area contributed by atoms with Crippen LogP contribution in [0.4, 0.5) is 0 Å². The van der Waals surface area contributed by atoms with E-state index >= 15 is 0 Å². The maximum atomic E-state index is 12.7. The van der Waals surface area contributed by atoms with E-state index in [-0.39, 0.29) is 11.8 Å². The van der Waals surface area contributed by atoms with E-state index in [1.54, 1.807) is 18.8 Å². The average Bonchev–Trinajstić information content (AvgIpc) is 2.91. The van der Waals surface area contributed by atoms with Gasteiger partial charge in [-0.25, -0.2) is 0 Å². The Labute approximate surface area is 137 Å². The van der Waals surface area contributed by atoms with E-state index in [1.165, 1.54) is 0 Å². The highest BCUT2D eigenvalue weighted by atomic mass is 16.5. The summed E-state index contributed by atoms with van der Waals surface area (Å²) in [6.45, 7) is 6.47. The summed E-state index contributed by atoms with van der Waals surface area (Å²) in [5.41, 5.74) is 1.86. The normalized spacial score (nSPS) is 13.8. The molecule has 1 amide bonds. The van der Waals surface area contributed by atoms with Crippen molar-refractivity contribution in [1.82, 2.24) is 15.1 Å². The van der Waals surface area contributed by atoms with Crippen LogP contribution in [0.15, 0.2) is 36.4 Å². The Morgan fingerprint density at radius 2 is 2.00 bits per heavy atom. The van der Waals surface area contributed by atoms with E-state index in [0.29, 0.717) is 12.3 Å². The summed E-state index contributed by atoms with van der Waals surface area (Å²) in [6, 6.07) is 11.7. The van der Waals surface area contributed by atoms with Crippen molar-refractivity contribution in [1.29, 1.82) is 0 Å². The minimum atomic E-state index is -0.602. The van der Waals surface area contributed by atoms with Gasteiger partial charge in [0.1, 0.15) is 5.69 Å². The molecule has 0 spiro atoms. The zero-order valence-electron chi connectivity index (χ0n) is 14.5. The fourth-order valence-electron chi connectivity index (χ4n) is 2.58. The molecule has 2 rings (SSSR count). The zero-order chi connectivity index (χ0) is 17.0. The number of rotatable bonds is 6. The third-order valence-corrected chi connectivity index (χ3v) is 3.96. The summed E-state index contributed by atoms with van der Waals surface area (Å²) in [6.07, 6.45) is 0. The molecule has 0 bridgehead atoms. The standard InChI is InChI=1S/C18H25N3O2/c1-13(2)15-11-16(21(4)20-15)17(22)19-18(3,12-23-5)14-9-7-6-8-10-14/h6-11,13H,12H2,1-5H3,(H,19,22). The second kappa shape index (κ2) is 6.96. The summed E-state index contributed by atoms with van der Waals surface area (Å²) in [5, 5.41) is 7.50. The maximum Gasteiger partial charge on any atom is 0.270 e. The van der Waals surface area contributed by atoms with Crippen molar-refractivity contribution >= 4 is 5.91 Å². The van der Waals surface area contributed by atoms with Crippen molar-refractivity contribution in [3.05, 3.63) is 53.3 Å². The molecule has 0 fully saturated rings. The molecule has 1 atom stereocenters. The molecule has 1 aromatic heterocycles. The van der Waals surface area contributed by atoms with Crippen LogP contribution in [0.25, 0.3) is 0 Å². The largest absolute Gasteiger partial charge is 0.382 e. The molecule has 1 heterocycles. The van der Waals surface area contributed by atoms with E-state index in [4.69, 9.17) is 4.74 Å². The van der Waals surface area contributed by atoms with Crippen LogP contribution in [0.3, 0.4) is 0 Å². The molecule has 0 radical (unpaired) electrons. The highest BCUT2D eigenvalue weighted by Crippen LogP contribution is 2.22. The fraction of sp³-hybridized carbons (Fsp3) is 0.444. The van der Waals surface area contributed by atoms with Crippen molar-refractivity contribution in [2.75, 3.05) is 13.7 Å². The van der Waals surface area contributed by atoms with Gasteiger partial charge in [0, 0.05) is 14.2 Å². The van der Waals surface area contributed by atoms with Crippen molar-refractivity contribution in [3.63, 3.8) is 0 Å². The molecule has 124 valence electrons. The minimum absolute atomic E-state index is 0.157. The average molecular weight is 315 g/mol. The van der Waals surface area contributed by atoms with Crippen molar-refractivity contribution in [3.8, 4) is 0 Å². The van der Waals surface area contributed by atoms with Crippen LogP contribution in [0.1, 0.15) is 48.4 Å². The summed E-state index contributed by atoms with van der Waals surface area (Å²) >= 11 is 0. The van der Waals surface area contributed by atoms with Crippen LogP contribution in [0, 0.1) is 0 Å². The quantitative estimate of drug-likeness (QED) is 0.892. The maximum absolute atomic E-state index is 12.7. The number of hydrogen-bond donors (Lipinski definition) is 1. The molecule has 23 heavy (non-hydrogen) atoms. The number of carbonyl (C=O) groups is 1. The number of carbonyl (C=O) groups excluding carboxylic acids is 1. The van der Waals surface area contributed by atoms with Gasteiger partial charge in [-0.05, 0) is 24.5 Å². The molecule has 0 aliphatic carbocycles. The number of nitrogens with zero attached hydrogens (tertiary/aromatic N) is 2. The minimum Gasteiger partial charge on any atom is -0.382 e. The monoisotopic (exact) mass is 315 g/mol. The van der Waals surface area contributed by atoms with Crippen LogP contribution in [0.5, 0.6) is 0 Å². The fourth-order valence-corrected chi connectivity index (χ4v) is 2.58. The lowest BCUT2D eigenvalue weighted by atomic mass is 9.92. The van der Waals surface area contributed by atoms with Crippen LogP contribution in [0.2, 0.25) is 0 Å². The lowest BCUT2D eigenvalue weighted by Crippen LogP contribution is -2.47. The smallest absolute Gasteiger partial charge is 0.270 e. The van der Waals surface area contributed by atoms with Gasteiger partial charge in [-0.15, -0.1) is 0 Å². The van der Waals surface area contributed by atoms with Gasteiger partial charge in [0.05, 0.1) is 17.8 Å². The van der Waals surface area contributed by atoms with Gasteiger partial charge in [-0.3, -0.25) is 9.48 Å². The van der Waals surface area contributed by atoms with Crippen molar-refractivity contribution < 1.29 is 9.53 Å². The first kappa shape index (κ1) is 17.2.